The van der Waals surface area contributed by atoms with Crippen molar-refractivity contribution < 1.29 is 9.47 Å². The maximum absolute atomic E-state index is 5.42. The van der Waals surface area contributed by atoms with Crippen LogP contribution in [0.2, 0.25) is 0 Å². The lowest BCUT2D eigenvalue weighted by Crippen LogP contribution is -2.11. The summed E-state index contributed by atoms with van der Waals surface area (Å²) in [6.45, 7) is 0.796. The van der Waals surface area contributed by atoms with E-state index in [1.54, 1.807) is 14.2 Å². The van der Waals surface area contributed by atoms with Gasteiger partial charge in [-0.1, -0.05) is 48.6 Å². The van der Waals surface area contributed by atoms with Crippen molar-refractivity contribution in [1.82, 2.24) is 0 Å². The van der Waals surface area contributed by atoms with Gasteiger partial charge in [-0.15, -0.1) is 0 Å². The summed E-state index contributed by atoms with van der Waals surface area (Å²) in [6, 6.07) is 14.3. The second-order valence-electron chi connectivity index (χ2n) is 5.51. The maximum atomic E-state index is 5.42. The van der Waals surface area contributed by atoms with E-state index < -0.39 is 0 Å². The first-order valence-corrected chi connectivity index (χ1v) is 8.01. The Kier molecular flexibility index (Phi) is 5.12. The zero-order valence-electron chi connectivity index (χ0n) is 14.0. The quantitative estimate of drug-likeness (QED) is 0.769. The van der Waals surface area contributed by atoms with Crippen LogP contribution in [0.5, 0.6) is 11.5 Å². The lowest BCUT2D eigenvalue weighted by atomic mass is 9.96. The molecule has 1 aliphatic heterocycles. The molecule has 0 unspecified atom stereocenters. The molecule has 24 heavy (non-hydrogen) atoms. The number of methoxy groups -OCH3 is 2. The van der Waals surface area contributed by atoms with Crippen LogP contribution in [-0.4, -0.2) is 26.5 Å². The summed E-state index contributed by atoms with van der Waals surface area (Å²) in [6.07, 6.45) is 9.11. The first kappa shape index (κ1) is 16.1. The van der Waals surface area contributed by atoms with E-state index in [1.807, 2.05) is 42.5 Å². The summed E-state index contributed by atoms with van der Waals surface area (Å²) in [5, 5.41) is 0. The minimum absolute atomic E-state index is 0.735. The predicted molar refractivity (Wildman–Crippen MR) is 99.3 cm³/mol. The van der Waals surface area contributed by atoms with Gasteiger partial charge in [-0.2, -0.15) is 0 Å². The van der Waals surface area contributed by atoms with Gasteiger partial charge in [0.15, 0.2) is 11.5 Å². The highest BCUT2D eigenvalue weighted by atomic mass is 16.5. The molecule has 3 heteroatoms. The number of hydrogen-bond acceptors (Lipinski definition) is 3. The number of ether oxygens (including phenoxy) is 2. The van der Waals surface area contributed by atoms with Crippen LogP contribution in [0.1, 0.15) is 16.7 Å². The number of aliphatic imine (C=N–C) groups is 1. The van der Waals surface area contributed by atoms with Crippen molar-refractivity contribution in [2.75, 3.05) is 20.8 Å². The molecule has 0 saturated heterocycles. The summed E-state index contributed by atoms with van der Waals surface area (Å²) in [4.78, 5) is 4.65. The fourth-order valence-electron chi connectivity index (χ4n) is 2.77. The van der Waals surface area contributed by atoms with E-state index in [1.165, 1.54) is 11.1 Å². The number of allylic oxidation sites excluding steroid dienone is 3. The fraction of sp³-hybridized carbons (Fsp3) is 0.190. The molecule has 0 bridgehead atoms. The molecule has 0 fully saturated rings. The highest BCUT2D eigenvalue weighted by Gasteiger charge is 2.16. The highest BCUT2D eigenvalue weighted by molar-refractivity contribution is 6.10. The zero-order chi connectivity index (χ0) is 16.8. The molecular weight excluding hydrogens is 298 g/mol. The van der Waals surface area contributed by atoms with Gasteiger partial charge in [-0.25, -0.2) is 0 Å². The fourth-order valence-corrected chi connectivity index (χ4v) is 2.77. The SMILES string of the molecule is COc1cc2c(cc1OC)C(/C=C/C=C/c1ccccc1)=NCC2. The van der Waals surface area contributed by atoms with Crippen LogP contribution in [0.15, 0.2) is 65.7 Å². The van der Waals surface area contributed by atoms with Gasteiger partial charge in [0, 0.05) is 12.1 Å². The Morgan fingerprint density at radius 1 is 0.917 bits per heavy atom. The van der Waals surface area contributed by atoms with Gasteiger partial charge in [0.25, 0.3) is 0 Å². The first-order chi connectivity index (χ1) is 11.8. The highest BCUT2D eigenvalue weighted by Crippen LogP contribution is 2.32. The molecular formula is C21H21NO2. The smallest absolute Gasteiger partial charge is 0.161 e. The van der Waals surface area contributed by atoms with E-state index in [0.717, 1.165) is 35.7 Å². The predicted octanol–water partition coefficient (Wildman–Crippen LogP) is 4.32. The molecule has 2 aromatic carbocycles. The molecule has 1 aliphatic rings. The Bertz CT molecular complexity index is 789. The van der Waals surface area contributed by atoms with E-state index in [0.29, 0.717) is 0 Å². The molecule has 1 heterocycles. The summed E-state index contributed by atoms with van der Waals surface area (Å²) in [5.41, 5.74) is 4.52. The third-order valence-electron chi connectivity index (χ3n) is 4.00. The summed E-state index contributed by atoms with van der Waals surface area (Å²) in [5.74, 6) is 1.50. The average molecular weight is 319 g/mol. The van der Waals surface area contributed by atoms with Gasteiger partial charge in [0.2, 0.25) is 0 Å². The molecule has 0 atom stereocenters. The van der Waals surface area contributed by atoms with Gasteiger partial charge < -0.3 is 9.47 Å². The third kappa shape index (κ3) is 3.57. The normalized spacial score (nSPS) is 13.8. The monoisotopic (exact) mass is 319 g/mol. The Balaban J connectivity index is 1.82. The van der Waals surface area contributed by atoms with E-state index in [4.69, 9.17) is 9.47 Å². The van der Waals surface area contributed by atoms with E-state index in [2.05, 4.69) is 29.3 Å². The number of benzene rings is 2. The van der Waals surface area contributed by atoms with Gasteiger partial charge in [-0.3, -0.25) is 4.99 Å². The Hall–Kier alpha value is -2.81. The van der Waals surface area contributed by atoms with Crippen LogP contribution < -0.4 is 9.47 Å². The van der Waals surface area contributed by atoms with E-state index >= 15 is 0 Å². The Labute approximate surface area is 143 Å². The van der Waals surface area contributed by atoms with Crippen molar-refractivity contribution in [2.24, 2.45) is 4.99 Å². The lowest BCUT2D eigenvalue weighted by molar-refractivity contribution is 0.354. The van der Waals surface area contributed by atoms with E-state index in [-0.39, 0.29) is 0 Å². The molecule has 2 aromatic rings. The van der Waals surface area contributed by atoms with Crippen molar-refractivity contribution in [1.29, 1.82) is 0 Å². The first-order valence-electron chi connectivity index (χ1n) is 8.01. The molecule has 0 N–H and O–H groups in total. The van der Waals surface area contributed by atoms with Crippen molar-refractivity contribution >= 4 is 11.8 Å². The topological polar surface area (TPSA) is 30.8 Å². The number of hydrogen-bond donors (Lipinski definition) is 0. The molecule has 0 spiro atoms. The lowest BCUT2D eigenvalue weighted by Gasteiger charge is -2.18. The standard InChI is InChI=1S/C21H21NO2/c1-23-20-14-17-12-13-22-19(18(17)15-21(20)24-2)11-7-6-10-16-8-4-3-5-9-16/h3-11,14-15H,12-13H2,1-2H3/b10-6+,11-7+. The molecule has 0 aromatic heterocycles. The van der Waals surface area contributed by atoms with Crippen molar-refractivity contribution in [2.45, 2.75) is 6.42 Å². The van der Waals surface area contributed by atoms with Gasteiger partial charge in [0.1, 0.15) is 0 Å². The Morgan fingerprint density at radius 3 is 2.38 bits per heavy atom. The maximum Gasteiger partial charge on any atom is 0.161 e. The van der Waals surface area contributed by atoms with Crippen molar-refractivity contribution in [3.63, 3.8) is 0 Å². The Morgan fingerprint density at radius 2 is 1.62 bits per heavy atom. The number of nitrogens with zero attached hydrogens (tertiary/aromatic N) is 1. The minimum Gasteiger partial charge on any atom is -0.493 e. The summed E-state index contributed by atoms with van der Waals surface area (Å²) in [7, 11) is 3.32. The van der Waals surface area contributed by atoms with Crippen LogP contribution in [-0.2, 0) is 6.42 Å². The molecule has 3 nitrogen and oxygen atoms in total. The average Bonchev–Trinajstić information content (AvgIpc) is 2.65. The van der Waals surface area contributed by atoms with Crippen LogP contribution in [0, 0.1) is 0 Å². The second-order valence-corrected chi connectivity index (χ2v) is 5.51. The zero-order valence-corrected chi connectivity index (χ0v) is 14.0. The van der Waals surface area contributed by atoms with Crippen LogP contribution in [0.25, 0.3) is 6.08 Å². The second kappa shape index (κ2) is 7.64. The molecule has 0 amide bonds. The number of rotatable bonds is 5. The molecule has 122 valence electrons. The molecule has 0 saturated carbocycles. The van der Waals surface area contributed by atoms with Crippen LogP contribution in [0.4, 0.5) is 0 Å². The van der Waals surface area contributed by atoms with Crippen LogP contribution >= 0.6 is 0 Å². The summed E-state index contributed by atoms with van der Waals surface area (Å²) >= 11 is 0. The summed E-state index contributed by atoms with van der Waals surface area (Å²) < 4.78 is 10.8. The van der Waals surface area contributed by atoms with Gasteiger partial charge in [-0.05, 0) is 35.8 Å². The van der Waals surface area contributed by atoms with Crippen molar-refractivity contribution in [3.8, 4) is 11.5 Å². The minimum atomic E-state index is 0.735. The largest absolute Gasteiger partial charge is 0.493 e. The van der Waals surface area contributed by atoms with Crippen LogP contribution in [0.3, 0.4) is 0 Å². The molecule has 0 radical (unpaired) electrons. The van der Waals surface area contributed by atoms with E-state index in [9.17, 15) is 0 Å². The number of fused-ring (bicyclic) bond motifs is 1. The third-order valence-corrected chi connectivity index (χ3v) is 4.00. The van der Waals surface area contributed by atoms with Gasteiger partial charge in [0.05, 0.1) is 19.9 Å². The van der Waals surface area contributed by atoms with Gasteiger partial charge >= 0.3 is 0 Å². The molecule has 0 aliphatic carbocycles. The van der Waals surface area contributed by atoms with Crippen molar-refractivity contribution in [3.05, 3.63) is 77.4 Å². The molecule has 3 rings (SSSR count).